The SMILES string of the molecule is COc1ccc(C2Oc3cc(OC)ccc3CC2O)cc1. The van der Waals surface area contributed by atoms with Gasteiger partial charge in [0.1, 0.15) is 23.4 Å². The maximum atomic E-state index is 10.3. The average molecular weight is 286 g/mol. The number of ether oxygens (including phenoxy) is 3. The first-order chi connectivity index (χ1) is 10.2. The van der Waals surface area contributed by atoms with Gasteiger partial charge in [-0.05, 0) is 29.3 Å². The van der Waals surface area contributed by atoms with Gasteiger partial charge in [-0.25, -0.2) is 0 Å². The van der Waals surface area contributed by atoms with Gasteiger partial charge in [-0.1, -0.05) is 18.2 Å². The molecule has 0 fully saturated rings. The molecule has 1 aliphatic rings. The zero-order valence-corrected chi connectivity index (χ0v) is 12.1. The number of hydrogen-bond donors (Lipinski definition) is 1. The van der Waals surface area contributed by atoms with Gasteiger partial charge in [0.15, 0.2) is 0 Å². The zero-order chi connectivity index (χ0) is 14.8. The van der Waals surface area contributed by atoms with Crippen molar-refractivity contribution in [2.45, 2.75) is 18.6 Å². The Labute approximate surface area is 123 Å². The lowest BCUT2D eigenvalue weighted by atomic mass is 9.94. The summed E-state index contributed by atoms with van der Waals surface area (Å²) in [7, 11) is 3.25. The van der Waals surface area contributed by atoms with Gasteiger partial charge in [-0.3, -0.25) is 0 Å². The lowest BCUT2D eigenvalue weighted by molar-refractivity contribution is 0.0206. The van der Waals surface area contributed by atoms with Gasteiger partial charge in [0.05, 0.1) is 20.3 Å². The van der Waals surface area contributed by atoms with Crippen LogP contribution in [0.4, 0.5) is 0 Å². The Kier molecular flexibility index (Phi) is 3.71. The van der Waals surface area contributed by atoms with E-state index in [0.29, 0.717) is 6.42 Å². The number of methoxy groups -OCH3 is 2. The normalized spacial score (nSPS) is 20.3. The lowest BCUT2D eigenvalue weighted by Crippen LogP contribution is -2.30. The van der Waals surface area contributed by atoms with Crippen molar-refractivity contribution >= 4 is 0 Å². The summed E-state index contributed by atoms with van der Waals surface area (Å²) in [6.07, 6.45) is -0.384. The van der Waals surface area contributed by atoms with Crippen molar-refractivity contribution in [1.29, 1.82) is 0 Å². The molecular formula is C17H18O4. The summed E-state index contributed by atoms with van der Waals surface area (Å²) < 4.78 is 16.3. The predicted octanol–water partition coefficient (Wildman–Crippen LogP) is 2.74. The molecule has 2 aromatic carbocycles. The van der Waals surface area contributed by atoms with E-state index in [1.54, 1.807) is 14.2 Å². The molecule has 4 heteroatoms. The first kappa shape index (κ1) is 13.8. The molecule has 4 nitrogen and oxygen atoms in total. The zero-order valence-electron chi connectivity index (χ0n) is 12.1. The average Bonchev–Trinajstić information content (AvgIpc) is 2.54. The monoisotopic (exact) mass is 286 g/mol. The van der Waals surface area contributed by atoms with E-state index >= 15 is 0 Å². The van der Waals surface area contributed by atoms with Crippen LogP contribution in [0.2, 0.25) is 0 Å². The number of aliphatic hydroxyl groups is 1. The van der Waals surface area contributed by atoms with Crippen LogP contribution in [0.1, 0.15) is 17.2 Å². The topological polar surface area (TPSA) is 47.9 Å². The number of rotatable bonds is 3. The fourth-order valence-corrected chi connectivity index (χ4v) is 2.57. The maximum Gasteiger partial charge on any atom is 0.150 e. The Bertz CT molecular complexity index is 621. The second kappa shape index (κ2) is 5.66. The van der Waals surface area contributed by atoms with Crippen molar-refractivity contribution in [1.82, 2.24) is 0 Å². The van der Waals surface area contributed by atoms with Gasteiger partial charge in [-0.15, -0.1) is 0 Å². The molecule has 110 valence electrons. The van der Waals surface area contributed by atoms with Gasteiger partial charge >= 0.3 is 0 Å². The van der Waals surface area contributed by atoms with Crippen LogP contribution in [0.5, 0.6) is 17.2 Å². The van der Waals surface area contributed by atoms with Gasteiger partial charge < -0.3 is 19.3 Å². The van der Waals surface area contributed by atoms with Gasteiger partial charge in [-0.2, -0.15) is 0 Å². The first-order valence-corrected chi connectivity index (χ1v) is 6.87. The van der Waals surface area contributed by atoms with Crippen LogP contribution >= 0.6 is 0 Å². The molecule has 0 saturated carbocycles. The van der Waals surface area contributed by atoms with E-state index < -0.39 is 6.10 Å². The number of aliphatic hydroxyl groups excluding tert-OH is 1. The van der Waals surface area contributed by atoms with Crippen LogP contribution in [-0.4, -0.2) is 25.4 Å². The third kappa shape index (κ3) is 2.67. The highest BCUT2D eigenvalue weighted by Crippen LogP contribution is 2.37. The predicted molar refractivity (Wildman–Crippen MR) is 79.1 cm³/mol. The van der Waals surface area contributed by atoms with E-state index in [2.05, 4.69) is 0 Å². The molecule has 1 heterocycles. The van der Waals surface area contributed by atoms with Gasteiger partial charge in [0, 0.05) is 12.5 Å². The van der Waals surface area contributed by atoms with Crippen molar-refractivity contribution in [3.63, 3.8) is 0 Å². The van der Waals surface area contributed by atoms with Gasteiger partial charge in [0.25, 0.3) is 0 Å². The minimum absolute atomic E-state index is 0.379. The Hall–Kier alpha value is -2.20. The molecule has 2 aromatic rings. The summed E-state index contributed by atoms with van der Waals surface area (Å²) in [5, 5.41) is 10.3. The van der Waals surface area contributed by atoms with Crippen LogP contribution in [0.3, 0.4) is 0 Å². The molecule has 0 aromatic heterocycles. The molecule has 0 radical (unpaired) electrons. The van der Waals surface area contributed by atoms with Crippen LogP contribution < -0.4 is 14.2 Å². The van der Waals surface area contributed by atoms with E-state index in [1.807, 2.05) is 42.5 Å². The molecule has 0 aliphatic carbocycles. The van der Waals surface area contributed by atoms with Crippen molar-refractivity contribution in [3.05, 3.63) is 53.6 Å². The molecule has 0 saturated heterocycles. The molecule has 0 bridgehead atoms. The second-order valence-corrected chi connectivity index (χ2v) is 5.06. The van der Waals surface area contributed by atoms with E-state index in [-0.39, 0.29) is 6.10 Å². The summed E-state index contributed by atoms with van der Waals surface area (Å²) in [6.45, 7) is 0. The molecule has 2 atom stereocenters. The van der Waals surface area contributed by atoms with Gasteiger partial charge in [0.2, 0.25) is 0 Å². The van der Waals surface area contributed by atoms with Crippen molar-refractivity contribution < 1.29 is 19.3 Å². The first-order valence-electron chi connectivity index (χ1n) is 6.87. The highest BCUT2D eigenvalue weighted by molar-refractivity contribution is 5.43. The third-order valence-corrected chi connectivity index (χ3v) is 3.75. The van der Waals surface area contributed by atoms with Crippen molar-refractivity contribution in [2.24, 2.45) is 0 Å². The molecule has 1 N–H and O–H groups in total. The Morgan fingerprint density at radius 1 is 1.00 bits per heavy atom. The molecule has 3 rings (SSSR count). The minimum Gasteiger partial charge on any atom is -0.497 e. The largest absolute Gasteiger partial charge is 0.497 e. The van der Waals surface area contributed by atoms with E-state index in [0.717, 1.165) is 28.4 Å². The smallest absolute Gasteiger partial charge is 0.150 e. The van der Waals surface area contributed by atoms with Crippen LogP contribution in [0.25, 0.3) is 0 Å². The quantitative estimate of drug-likeness (QED) is 0.942. The standard InChI is InChI=1S/C17H18O4/c1-19-13-6-3-11(4-7-13)17-15(18)9-12-5-8-14(20-2)10-16(12)21-17/h3-8,10,15,17-18H,9H2,1-2H3. The Morgan fingerprint density at radius 2 is 1.67 bits per heavy atom. The number of benzene rings is 2. The molecule has 1 aliphatic heterocycles. The summed E-state index contributed by atoms with van der Waals surface area (Å²) in [5.41, 5.74) is 1.92. The van der Waals surface area contributed by atoms with Crippen molar-refractivity contribution in [2.75, 3.05) is 14.2 Å². The Morgan fingerprint density at radius 3 is 2.33 bits per heavy atom. The Balaban J connectivity index is 1.89. The highest BCUT2D eigenvalue weighted by Gasteiger charge is 2.30. The summed E-state index contributed by atoms with van der Waals surface area (Å²) in [4.78, 5) is 0. The number of hydrogen-bond acceptors (Lipinski definition) is 4. The molecule has 2 unspecified atom stereocenters. The van der Waals surface area contributed by atoms with E-state index in [4.69, 9.17) is 14.2 Å². The molecule has 21 heavy (non-hydrogen) atoms. The van der Waals surface area contributed by atoms with Crippen molar-refractivity contribution in [3.8, 4) is 17.2 Å². The maximum absolute atomic E-state index is 10.3. The third-order valence-electron chi connectivity index (χ3n) is 3.75. The van der Waals surface area contributed by atoms with E-state index in [9.17, 15) is 5.11 Å². The fraction of sp³-hybridized carbons (Fsp3) is 0.294. The summed E-state index contributed by atoms with van der Waals surface area (Å²) in [6, 6.07) is 13.2. The molecular weight excluding hydrogens is 268 g/mol. The summed E-state index contributed by atoms with van der Waals surface area (Å²) >= 11 is 0. The summed E-state index contributed by atoms with van der Waals surface area (Å²) in [5.74, 6) is 2.30. The van der Waals surface area contributed by atoms with Crippen LogP contribution in [0, 0.1) is 0 Å². The van der Waals surface area contributed by atoms with Crippen LogP contribution in [0.15, 0.2) is 42.5 Å². The fourth-order valence-electron chi connectivity index (χ4n) is 2.57. The van der Waals surface area contributed by atoms with Crippen LogP contribution in [-0.2, 0) is 6.42 Å². The minimum atomic E-state index is -0.570. The number of fused-ring (bicyclic) bond motifs is 1. The highest BCUT2D eigenvalue weighted by atomic mass is 16.5. The molecule has 0 spiro atoms. The second-order valence-electron chi connectivity index (χ2n) is 5.06. The van der Waals surface area contributed by atoms with E-state index in [1.165, 1.54) is 0 Å². The lowest BCUT2D eigenvalue weighted by Gasteiger charge is -2.31. The molecule has 0 amide bonds.